The normalized spacial score (nSPS) is 20.0. The van der Waals surface area contributed by atoms with E-state index < -0.39 is 12.1 Å². The van der Waals surface area contributed by atoms with Gasteiger partial charge in [0.05, 0.1) is 44.6 Å². The Hall–Kier alpha value is -3.67. The number of ether oxygens (including phenoxy) is 3. The van der Waals surface area contributed by atoms with Crippen LogP contribution in [0.2, 0.25) is 10.0 Å². The average molecular weight is 737 g/mol. The van der Waals surface area contributed by atoms with Gasteiger partial charge in [0.1, 0.15) is 17.6 Å². The van der Waals surface area contributed by atoms with Crippen molar-refractivity contribution in [1.82, 2.24) is 19.6 Å². The molecule has 0 aliphatic carbocycles. The minimum absolute atomic E-state index is 0.0984. The number of benzene rings is 3. The number of carbonyl (C=O) groups excluding carboxylic acids is 2. The van der Waals surface area contributed by atoms with Crippen molar-refractivity contribution < 1.29 is 23.8 Å². The number of halogens is 2. The van der Waals surface area contributed by atoms with Crippen LogP contribution in [0.5, 0.6) is 5.75 Å². The summed E-state index contributed by atoms with van der Waals surface area (Å²) in [5, 5.41) is 1.23. The monoisotopic (exact) mass is 735 g/mol. The van der Waals surface area contributed by atoms with Gasteiger partial charge in [-0.2, -0.15) is 0 Å². The van der Waals surface area contributed by atoms with Crippen LogP contribution in [-0.4, -0.2) is 117 Å². The second-order valence-corrected chi connectivity index (χ2v) is 14.7. The lowest BCUT2D eigenvalue weighted by molar-refractivity contribution is -0.136. The lowest BCUT2D eigenvalue weighted by Crippen LogP contribution is -2.56. The summed E-state index contributed by atoms with van der Waals surface area (Å²) in [6.07, 6.45) is 0. The largest absolute Gasteiger partial charge is 0.493 e. The van der Waals surface area contributed by atoms with Crippen LogP contribution in [0.1, 0.15) is 55.1 Å². The van der Waals surface area contributed by atoms with Gasteiger partial charge in [0.2, 0.25) is 5.91 Å². The summed E-state index contributed by atoms with van der Waals surface area (Å²) in [6.45, 7) is 12.0. The molecule has 0 aromatic heterocycles. The second-order valence-electron chi connectivity index (χ2n) is 13.8. The quantitative estimate of drug-likeness (QED) is 0.238. The summed E-state index contributed by atoms with van der Waals surface area (Å²) in [5.41, 5.74) is 3.34. The number of morpholine rings is 1. The third-order valence-corrected chi connectivity index (χ3v) is 10.4. The number of hydrogen-bond acceptors (Lipinski definition) is 7. The molecule has 2 saturated heterocycles. The zero-order valence-electron chi connectivity index (χ0n) is 29.8. The lowest BCUT2D eigenvalue weighted by atomic mass is 9.85. The Morgan fingerprint density at radius 3 is 2.10 bits per heavy atom. The second kappa shape index (κ2) is 16.3. The smallest absolute Gasteiger partial charge is 0.326 e. The molecule has 6 rings (SSSR count). The highest BCUT2D eigenvalue weighted by molar-refractivity contribution is 6.30. The number of amides is 3. The van der Waals surface area contributed by atoms with E-state index in [-0.39, 0.29) is 17.4 Å². The number of piperazine rings is 1. The molecule has 3 aromatic carbocycles. The van der Waals surface area contributed by atoms with Crippen molar-refractivity contribution in [2.75, 3.05) is 79.4 Å². The first-order chi connectivity index (χ1) is 24.6. The summed E-state index contributed by atoms with van der Waals surface area (Å²) in [4.78, 5) is 41.0. The molecule has 2 atom stereocenters. The van der Waals surface area contributed by atoms with Crippen LogP contribution in [0.4, 0.5) is 4.79 Å². The first-order valence-electron chi connectivity index (χ1n) is 17.6. The average Bonchev–Trinajstić information content (AvgIpc) is 3.53. The summed E-state index contributed by atoms with van der Waals surface area (Å²) in [6, 6.07) is 20.3. The fourth-order valence-electron chi connectivity index (χ4n) is 7.06. The predicted molar refractivity (Wildman–Crippen MR) is 200 cm³/mol. The van der Waals surface area contributed by atoms with Gasteiger partial charge in [0.15, 0.2) is 0 Å². The molecule has 3 aliphatic rings. The molecular formula is C39H47Cl2N5O5. The standard InChI is InChI=1S/C39H47Cl2N5O5/c1-5-51-33-24-29(39(2,3)26-49-4)10-15-32(33)37-42-35(27-6-11-30(40)12-7-27)36(28-8-13-31(41)14-9-28)46(37)38(48)45-18-16-43(17-19-45)25-34(47)44-20-22-50-23-21-44/h6-15,24,35-36H,5,16-23,25-26H2,1-4H3/t35-,36+/m0/s1. The molecule has 3 heterocycles. The zero-order valence-corrected chi connectivity index (χ0v) is 31.3. The van der Waals surface area contributed by atoms with Gasteiger partial charge < -0.3 is 24.0 Å². The Balaban J connectivity index is 1.37. The van der Waals surface area contributed by atoms with Gasteiger partial charge in [-0.15, -0.1) is 0 Å². The minimum atomic E-state index is -0.481. The van der Waals surface area contributed by atoms with E-state index in [1.165, 1.54) is 0 Å². The van der Waals surface area contributed by atoms with E-state index in [4.69, 9.17) is 42.4 Å². The Morgan fingerprint density at radius 1 is 0.863 bits per heavy atom. The highest BCUT2D eigenvalue weighted by Gasteiger charge is 2.45. The van der Waals surface area contributed by atoms with Gasteiger partial charge in [-0.1, -0.05) is 67.4 Å². The van der Waals surface area contributed by atoms with Crippen molar-refractivity contribution >= 4 is 41.0 Å². The highest BCUT2D eigenvalue weighted by Crippen LogP contribution is 2.46. The van der Waals surface area contributed by atoms with E-state index in [0.29, 0.717) is 93.9 Å². The van der Waals surface area contributed by atoms with E-state index in [1.807, 2.05) is 82.3 Å². The van der Waals surface area contributed by atoms with Crippen molar-refractivity contribution in [3.63, 3.8) is 0 Å². The molecule has 0 N–H and O–H groups in total. The van der Waals surface area contributed by atoms with Gasteiger partial charge in [0.25, 0.3) is 0 Å². The molecule has 51 heavy (non-hydrogen) atoms. The van der Waals surface area contributed by atoms with E-state index in [2.05, 4.69) is 24.8 Å². The lowest BCUT2D eigenvalue weighted by Gasteiger charge is -2.39. The van der Waals surface area contributed by atoms with Crippen molar-refractivity contribution in [3.05, 3.63) is 99.0 Å². The first kappa shape index (κ1) is 37.1. The highest BCUT2D eigenvalue weighted by atomic mass is 35.5. The number of carbonyl (C=O) groups is 2. The Bertz CT molecular complexity index is 1700. The van der Waals surface area contributed by atoms with Crippen molar-refractivity contribution in [1.29, 1.82) is 0 Å². The van der Waals surface area contributed by atoms with E-state index in [9.17, 15) is 9.59 Å². The van der Waals surface area contributed by atoms with Gasteiger partial charge >= 0.3 is 6.03 Å². The fraction of sp³-hybridized carbons (Fsp3) is 0.462. The molecule has 0 spiro atoms. The molecule has 3 aromatic rings. The van der Waals surface area contributed by atoms with Crippen molar-refractivity contribution in [2.24, 2.45) is 4.99 Å². The molecule has 10 nitrogen and oxygen atoms in total. The van der Waals surface area contributed by atoms with Crippen LogP contribution < -0.4 is 4.74 Å². The molecule has 3 aliphatic heterocycles. The van der Waals surface area contributed by atoms with E-state index in [1.54, 1.807) is 7.11 Å². The summed E-state index contributed by atoms with van der Waals surface area (Å²) >= 11 is 12.7. The molecule has 0 radical (unpaired) electrons. The summed E-state index contributed by atoms with van der Waals surface area (Å²) in [5.74, 6) is 1.28. The Morgan fingerprint density at radius 2 is 1.49 bits per heavy atom. The molecule has 12 heteroatoms. The minimum Gasteiger partial charge on any atom is -0.493 e. The number of methoxy groups -OCH3 is 1. The van der Waals surface area contributed by atoms with E-state index >= 15 is 0 Å². The van der Waals surface area contributed by atoms with Crippen LogP contribution in [0, 0.1) is 0 Å². The van der Waals surface area contributed by atoms with Crippen LogP contribution in [0.3, 0.4) is 0 Å². The maximum atomic E-state index is 15.0. The molecule has 272 valence electrons. The van der Waals surface area contributed by atoms with E-state index in [0.717, 1.165) is 22.3 Å². The summed E-state index contributed by atoms with van der Waals surface area (Å²) < 4.78 is 17.2. The number of hydrogen-bond donors (Lipinski definition) is 0. The molecule has 0 saturated carbocycles. The molecule has 0 unspecified atom stereocenters. The van der Waals surface area contributed by atoms with Crippen molar-refractivity contribution in [2.45, 2.75) is 38.3 Å². The number of aliphatic imine (C=N–C) groups is 1. The van der Waals surface area contributed by atoms with Gasteiger partial charge in [0, 0.05) is 61.8 Å². The van der Waals surface area contributed by atoms with Gasteiger partial charge in [-0.25, -0.2) is 4.79 Å². The number of urea groups is 1. The topological polar surface area (TPSA) is 87.2 Å². The van der Waals surface area contributed by atoms with Crippen LogP contribution >= 0.6 is 23.2 Å². The molecule has 3 amide bonds. The Labute approximate surface area is 310 Å². The Kier molecular flexibility index (Phi) is 11.9. The SMILES string of the molecule is CCOc1cc(C(C)(C)COC)ccc1C1=N[C@@H](c2ccc(Cl)cc2)[C@@H](c2ccc(Cl)cc2)N1C(=O)N1CCN(CC(=O)N2CCOCC2)CC1. The first-order valence-corrected chi connectivity index (χ1v) is 18.4. The zero-order chi connectivity index (χ0) is 36.1. The predicted octanol–water partition coefficient (Wildman–Crippen LogP) is 6.46. The third kappa shape index (κ3) is 8.36. The van der Waals surface area contributed by atoms with Crippen LogP contribution in [0.15, 0.2) is 71.7 Å². The van der Waals surface area contributed by atoms with Crippen molar-refractivity contribution in [3.8, 4) is 5.75 Å². The van der Waals surface area contributed by atoms with Gasteiger partial charge in [-0.3, -0.25) is 19.6 Å². The van der Waals surface area contributed by atoms with Crippen LogP contribution in [-0.2, 0) is 19.7 Å². The maximum absolute atomic E-state index is 15.0. The maximum Gasteiger partial charge on any atom is 0.326 e. The summed E-state index contributed by atoms with van der Waals surface area (Å²) in [7, 11) is 1.70. The number of amidine groups is 1. The molecular weight excluding hydrogens is 689 g/mol. The molecule has 0 bridgehead atoms. The molecule has 2 fully saturated rings. The fourth-order valence-corrected chi connectivity index (χ4v) is 7.31. The number of rotatable bonds is 10. The van der Waals surface area contributed by atoms with Crippen LogP contribution in [0.25, 0.3) is 0 Å². The number of nitrogens with zero attached hydrogens (tertiary/aromatic N) is 5. The third-order valence-electron chi connectivity index (χ3n) is 9.87. The van der Waals surface area contributed by atoms with Gasteiger partial charge in [-0.05, 0) is 60.0 Å².